The van der Waals surface area contributed by atoms with Gasteiger partial charge in [0.2, 0.25) is 0 Å². The topological polar surface area (TPSA) is 28.7 Å². The quantitative estimate of drug-likeness (QED) is 0.830. The number of rotatable bonds is 2. The number of hydrogen-bond donors (Lipinski definition) is 1. The number of H-pyrrole nitrogens is 1. The van der Waals surface area contributed by atoms with Crippen molar-refractivity contribution in [3.8, 4) is 11.3 Å². The number of benzene rings is 1. The second-order valence-corrected chi connectivity index (χ2v) is 5.33. The summed E-state index contributed by atoms with van der Waals surface area (Å²) in [6, 6.07) is 12.3. The van der Waals surface area contributed by atoms with Crippen molar-refractivity contribution < 1.29 is 0 Å². The molecule has 1 heterocycles. The van der Waals surface area contributed by atoms with Gasteiger partial charge in [-0.05, 0) is 38.0 Å². The highest BCUT2D eigenvalue weighted by Crippen LogP contribution is 2.34. The van der Waals surface area contributed by atoms with E-state index in [1.807, 2.05) is 18.2 Å². The Labute approximate surface area is 119 Å². The summed E-state index contributed by atoms with van der Waals surface area (Å²) < 4.78 is 0. The molecule has 0 saturated carbocycles. The van der Waals surface area contributed by atoms with Gasteiger partial charge in [0, 0.05) is 11.1 Å². The molecule has 0 radical (unpaired) electrons. The van der Waals surface area contributed by atoms with Crippen molar-refractivity contribution in [3.05, 3.63) is 71.5 Å². The summed E-state index contributed by atoms with van der Waals surface area (Å²) in [5.74, 6) is 0. The molecule has 0 atom stereocenters. The average Bonchev–Trinajstić information content (AvgIpc) is 2.93. The second-order valence-electron chi connectivity index (χ2n) is 5.33. The van der Waals surface area contributed by atoms with Gasteiger partial charge in [-0.3, -0.25) is 5.10 Å². The number of aromatic amines is 1. The fourth-order valence-corrected chi connectivity index (χ4v) is 2.48. The maximum Gasteiger partial charge on any atom is 0.0927 e. The summed E-state index contributed by atoms with van der Waals surface area (Å²) in [6.45, 7) is 8.50. The van der Waals surface area contributed by atoms with Gasteiger partial charge in [0.15, 0.2) is 0 Å². The number of aromatic nitrogens is 2. The lowest BCUT2D eigenvalue weighted by molar-refractivity contribution is 1.05. The maximum atomic E-state index is 4.42. The highest BCUT2D eigenvalue weighted by Gasteiger charge is 2.15. The molecule has 1 aromatic heterocycles. The number of hydrogen-bond acceptors (Lipinski definition) is 1. The van der Waals surface area contributed by atoms with Crippen molar-refractivity contribution in [2.75, 3.05) is 0 Å². The normalized spacial score (nSPS) is 15.5. The summed E-state index contributed by atoms with van der Waals surface area (Å²) in [5.41, 5.74) is 8.17. The summed E-state index contributed by atoms with van der Waals surface area (Å²) >= 11 is 0. The molecular weight excluding hydrogens is 244 g/mol. The van der Waals surface area contributed by atoms with Crippen molar-refractivity contribution in [3.63, 3.8) is 0 Å². The van der Waals surface area contributed by atoms with E-state index in [1.54, 1.807) is 0 Å². The molecule has 0 bridgehead atoms. The first kappa shape index (κ1) is 12.7. The van der Waals surface area contributed by atoms with E-state index >= 15 is 0 Å². The molecule has 2 nitrogen and oxygen atoms in total. The Morgan fingerprint density at radius 1 is 1.15 bits per heavy atom. The van der Waals surface area contributed by atoms with Gasteiger partial charge in [0.25, 0.3) is 0 Å². The molecular formula is C18H18N2. The molecule has 1 aromatic carbocycles. The minimum atomic E-state index is 0.942. The molecule has 0 spiro atoms. The Kier molecular flexibility index (Phi) is 3.15. The molecule has 0 aliphatic heterocycles. The van der Waals surface area contributed by atoms with E-state index in [2.05, 4.69) is 54.9 Å². The lowest BCUT2D eigenvalue weighted by Crippen LogP contribution is -1.98. The first-order valence-electron chi connectivity index (χ1n) is 6.82. The van der Waals surface area contributed by atoms with Gasteiger partial charge in [-0.25, -0.2) is 0 Å². The largest absolute Gasteiger partial charge is 0.277 e. The summed E-state index contributed by atoms with van der Waals surface area (Å²) in [7, 11) is 0. The number of allylic oxidation sites excluding steroid dienone is 5. The SMILES string of the molecule is C=C1CC(C)=C(C)C=C1c1cc(-c2ccccc2)n[nH]1. The third-order valence-corrected chi connectivity index (χ3v) is 3.83. The molecule has 1 aliphatic carbocycles. The van der Waals surface area contributed by atoms with Gasteiger partial charge >= 0.3 is 0 Å². The first-order valence-corrected chi connectivity index (χ1v) is 6.82. The van der Waals surface area contributed by atoms with Crippen molar-refractivity contribution in [2.45, 2.75) is 20.3 Å². The van der Waals surface area contributed by atoms with Crippen LogP contribution in [0.25, 0.3) is 16.8 Å². The molecule has 100 valence electrons. The van der Waals surface area contributed by atoms with E-state index in [-0.39, 0.29) is 0 Å². The fraction of sp³-hybridized carbons (Fsp3) is 0.167. The third-order valence-electron chi connectivity index (χ3n) is 3.83. The van der Waals surface area contributed by atoms with E-state index in [0.29, 0.717) is 0 Å². The van der Waals surface area contributed by atoms with Gasteiger partial charge in [-0.15, -0.1) is 0 Å². The second kappa shape index (κ2) is 4.97. The van der Waals surface area contributed by atoms with Crippen molar-refractivity contribution in [1.82, 2.24) is 10.2 Å². The monoisotopic (exact) mass is 262 g/mol. The van der Waals surface area contributed by atoms with Crippen LogP contribution in [0.5, 0.6) is 0 Å². The van der Waals surface area contributed by atoms with E-state index in [4.69, 9.17) is 0 Å². The van der Waals surface area contributed by atoms with Crippen LogP contribution in [0.4, 0.5) is 0 Å². The fourth-order valence-electron chi connectivity index (χ4n) is 2.48. The number of nitrogens with zero attached hydrogens (tertiary/aromatic N) is 1. The minimum absolute atomic E-state index is 0.942. The van der Waals surface area contributed by atoms with Crippen LogP contribution < -0.4 is 0 Å². The van der Waals surface area contributed by atoms with Gasteiger partial charge < -0.3 is 0 Å². The Hall–Kier alpha value is -2.35. The Morgan fingerprint density at radius 2 is 1.90 bits per heavy atom. The van der Waals surface area contributed by atoms with Gasteiger partial charge in [0.1, 0.15) is 0 Å². The van der Waals surface area contributed by atoms with Gasteiger partial charge in [-0.2, -0.15) is 5.10 Å². The maximum absolute atomic E-state index is 4.42. The predicted octanol–water partition coefficient (Wildman–Crippen LogP) is 4.76. The summed E-state index contributed by atoms with van der Waals surface area (Å²) in [5, 5.41) is 7.56. The lowest BCUT2D eigenvalue weighted by atomic mass is 9.88. The molecule has 1 N–H and O–H groups in total. The Bertz CT molecular complexity index is 715. The average molecular weight is 262 g/mol. The summed E-state index contributed by atoms with van der Waals surface area (Å²) in [4.78, 5) is 0. The third kappa shape index (κ3) is 2.25. The van der Waals surface area contributed by atoms with Crippen LogP contribution in [-0.4, -0.2) is 10.2 Å². The van der Waals surface area contributed by atoms with E-state index < -0.39 is 0 Å². The molecule has 20 heavy (non-hydrogen) atoms. The van der Waals surface area contributed by atoms with Crippen LogP contribution in [0.15, 0.2) is 65.8 Å². The Morgan fingerprint density at radius 3 is 2.65 bits per heavy atom. The van der Waals surface area contributed by atoms with E-state index in [1.165, 1.54) is 16.7 Å². The molecule has 3 rings (SSSR count). The van der Waals surface area contributed by atoms with Crippen LogP contribution >= 0.6 is 0 Å². The lowest BCUT2D eigenvalue weighted by Gasteiger charge is -2.17. The van der Waals surface area contributed by atoms with Gasteiger partial charge in [0.05, 0.1) is 11.4 Å². The van der Waals surface area contributed by atoms with Crippen LogP contribution in [-0.2, 0) is 0 Å². The van der Waals surface area contributed by atoms with E-state index in [0.717, 1.165) is 28.9 Å². The molecule has 0 amide bonds. The van der Waals surface area contributed by atoms with Crippen LogP contribution in [0.1, 0.15) is 26.0 Å². The molecule has 0 fully saturated rings. The van der Waals surface area contributed by atoms with Crippen LogP contribution in [0.2, 0.25) is 0 Å². The standard InChI is InChI=1S/C18H18N2/c1-12-9-14(3)16(10-13(12)2)18-11-17(19-20-18)15-7-5-4-6-8-15/h4-8,10-11H,3,9H2,1-2H3,(H,19,20). The van der Waals surface area contributed by atoms with Gasteiger partial charge in [-0.1, -0.05) is 48.1 Å². The van der Waals surface area contributed by atoms with Crippen molar-refractivity contribution >= 4 is 5.57 Å². The zero-order valence-electron chi connectivity index (χ0n) is 11.9. The number of nitrogens with one attached hydrogen (secondary N) is 1. The van der Waals surface area contributed by atoms with E-state index in [9.17, 15) is 0 Å². The first-order chi connectivity index (χ1) is 9.65. The zero-order chi connectivity index (χ0) is 14.1. The molecule has 1 aliphatic rings. The van der Waals surface area contributed by atoms with Crippen molar-refractivity contribution in [1.29, 1.82) is 0 Å². The molecule has 0 saturated heterocycles. The van der Waals surface area contributed by atoms with Crippen molar-refractivity contribution in [2.24, 2.45) is 0 Å². The molecule has 2 heteroatoms. The highest BCUT2D eigenvalue weighted by molar-refractivity contribution is 5.82. The smallest absolute Gasteiger partial charge is 0.0927 e. The van der Waals surface area contributed by atoms with Crippen LogP contribution in [0.3, 0.4) is 0 Å². The highest BCUT2D eigenvalue weighted by atomic mass is 15.1. The zero-order valence-corrected chi connectivity index (χ0v) is 11.9. The summed E-state index contributed by atoms with van der Waals surface area (Å²) in [6.07, 6.45) is 3.14. The molecule has 2 aromatic rings. The Balaban J connectivity index is 1.99. The van der Waals surface area contributed by atoms with Crippen LogP contribution in [0, 0.1) is 0 Å². The minimum Gasteiger partial charge on any atom is -0.277 e. The predicted molar refractivity (Wildman–Crippen MR) is 84.1 cm³/mol. The molecule has 0 unspecified atom stereocenters.